The Bertz CT molecular complexity index is 1010. The molecule has 2 N–H and O–H groups in total. The lowest BCUT2D eigenvalue weighted by atomic mass is 10.0. The molecular formula is C22H26N2O4. The van der Waals surface area contributed by atoms with Gasteiger partial charge in [-0.05, 0) is 36.2 Å². The van der Waals surface area contributed by atoms with Crippen LogP contribution in [0.15, 0.2) is 51.7 Å². The summed E-state index contributed by atoms with van der Waals surface area (Å²) in [5.74, 6) is 0. The Hall–Kier alpha value is -2.25. The molecule has 6 nitrogen and oxygen atoms in total. The van der Waals surface area contributed by atoms with Gasteiger partial charge in [0, 0.05) is 39.3 Å². The second kappa shape index (κ2) is 8.41. The highest BCUT2D eigenvalue weighted by molar-refractivity contribution is 5.89. The molecular weight excluding hydrogens is 356 g/mol. The van der Waals surface area contributed by atoms with Gasteiger partial charge in [-0.15, -0.1) is 0 Å². The van der Waals surface area contributed by atoms with Crippen molar-refractivity contribution in [2.24, 2.45) is 0 Å². The Labute approximate surface area is 163 Å². The molecule has 1 aliphatic heterocycles. The third kappa shape index (κ3) is 4.10. The smallest absolute Gasteiger partial charge is 0.200 e. The van der Waals surface area contributed by atoms with Gasteiger partial charge in [0.1, 0.15) is 11.2 Å². The minimum absolute atomic E-state index is 0.0341. The molecule has 0 saturated carbocycles. The average Bonchev–Trinajstić information content (AvgIpc) is 2.70. The monoisotopic (exact) mass is 382 g/mol. The van der Waals surface area contributed by atoms with Crippen molar-refractivity contribution in [2.75, 3.05) is 45.9 Å². The van der Waals surface area contributed by atoms with Crippen molar-refractivity contribution in [1.82, 2.24) is 9.80 Å². The molecule has 2 heterocycles. The molecule has 1 aromatic heterocycles. The largest absolute Gasteiger partial charge is 0.456 e. The molecule has 6 heteroatoms. The first-order valence-corrected chi connectivity index (χ1v) is 9.82. The first-order chi connectivity index (χ1) is 13.6. The molecule has 3 aromatic rings. The lowest BCUT2D eigenvalue weighted by molar-refractivity contribution is 0.0665. The fraction of sp³-hybridized carbons (Fsp3) is 0.409. The lowest BCUT2D eigenvalue weighted by Gasteiger charge is -2.35. The van der Waals surface area contributed by atoms with E-state index in [0.29, 0.717) is 41.4 Å². The Kier molecular flexibility index (Phi) is 5.73. The number of hydrogen-bond acceptors (Lipinski definition) is 6. The summed E-state index contributed by atoms with van der Waals surface area (Å²) in [6, 6.07) is 12.8. The maximum Gasteiger partial charge on any atom is 0.200 e. The molecule has 0 bridgehead atoms. The summed E-state index contributed by atoms with van der Waals surface area (Å²) in [4.78, 5) is 17.3. The third-order valence-electron chi connectivity index (χ3n) is 5.46. The molecule has 2 aromatic carbocycles. The van der Waals surface area contributed by atoms with Crippen molar-refractivity contribution in [3.63, 3.8) is 0 Å². The molecule has 1 saturated heterocycles. The Morgan fingerprint density at radius 2 is 1.68 bits per heavy atom. The van der Waals surface area contributed by atoms with E-state index in [1.54, 1.807) is 12.1 Å². The van der Waals surface area contributed by atoms with Gasteiger partial charge in [0.15, 0.2) is 0 Å². The molecule has 4 rings (SSSR count). The number of benzene rings is 2. The minimum atomic E-state index is -0.491. The van der Waals surface area contributed by atoms with E-state index in [9.17, 15) is 9.90 Å². The number of β-amino-alcohol motifs (C(OH)–C–C–N with tert-alkyl or cyclic N) is 2. The highest BCUT2D eigenvalue weighted by Crippen LogP contribution is 2.20. The SMILES string of the molecule is O=c1c2ccccc2oc2ccc(CC(O)CN3CCN(CCO)CC3)cc12. The normalized spacial score (nSPS) is 17.4. The van der Waals surface area contributed by atoms with Crippen molar-refractivity contribution < 1.29 is 14.6 Å². The van der Waals surface area contributed by atoms with Gasteiger partial charge in [0.2, 0.25) is 5.43 Å². The summed E-state index contributed by atoms with van der Waals surface area (Å²) >= 11 is 0. The maximum absolute atomic E-state index is 12.8. The number of para-hydroxylation sites is 1. The highest BCUT2D eigenvalue weighted by Gasteiger charge is 2.19. The van der Waals surface area contributed by atoms with Crippen LogP contribution in [0.1, 0.15) is 5.56 Å². The van der Waals surface area contributed by atoms with Crippen molar-refractivity contribution in [3.8, 4) is 0 Å². The van der Waals surface area contributed by atoms with E-state index in [0.717, 1.165) is 31.7 Å². The van der Waals surface area contributed by atoms with E-state index in [1.807, 2.05) is 30.3 Å². The van der Waals surface area contributed by atoms with Crippen molar-refractivity contribution in [1.29, 1.82) is 0 Å². The van der Waals surface area contributed by atoms with Gasteiger partial charge >= 0.3 is 0 Å². The highest BCUT2D eigenvalue weighted by atomic mass is 16.3. The van der Waals surface area contributed by atoms with E-state index in [1.165, 1.54) is 0 Å². The molecule has 0 spiro atoms. The molecule has 0 radical (unpaired) electrons. The zero-order valence-corrected chi connectivity index (χ0v) is 15.9. The second-order valence-electron chi connectivity index (χ2n) is 7.48. The Morgan fingerprint density at radius 3 is 2.46 bits per heavy atom. The van der Waals surface area contributed by atoms with E-state index >= 15 is 0 Å². The molecule has 1 atom stereocenters. The number of piperazine rings is 1. The average molecular weight is 382 g/mol. The van der Waals surface area contributed by atoms with E-state index < -0.39 is 6.10 Å². The summed E-state index contributed by atoms with van der Waals surface area (Å²) in [7, 11) is 0. The molecule has 1 fully saturated rings. The standard InChI is InChI=1S/C22H26N2O4/c25-12-11-23-7-9-24(10-8-23)15-17(26)13-16-5-6-21-19(14-16)22(27)18-3-1-2-4-20(18)28-21/h1-6,14,17,25-26H,7-13,15H2. The summed E-state index contributed by atoms with van der Waals surface area (Å²) < 4.78 is 5.85. The molecule has 0 aliphatic carbocycles. The summed E-state index contributed by atoms with van der Waals surface area (Å²) in [6.45, 7) is 5.12. The summed E-state index contributed by atoms with van der Waals surface area (Å²) in [5.41, 5.74) is 2.06. The van der Waals surface area contributed by atoms with Gasteiger partial charge in [0.25, 0.3) is 0 Å². The van der Waals surface area contributed by atoms with Gasteiger partial charge in [-0.25, -0.2) is 0 Å². The predicted octanol–water partition coefficient (Wildman–Crippen LogP) is 1.46. The molecule has 148 valence electrons. The topological polar surface area (TPSA) is 77.2 Å². The number of rotatable bonds is 6. The maximum atomic E-state index is 12.8. The van der Waals surface area contributed by atoms with Gasteiger partial charge in [-0.1, -0.05) is 18.2 Å². The lowest BCUT2D eigenvalue weighted by Crippen LogP contribution is -2.49. The van der Waals surface area contributed by atoms with Crippen LogP contribution in [0, 0.1) is 0 Å². The van der Waals surface area contributed by atoms with Crippen LogP contribution in [-0.2, 0) is 6.42 Å². The fourth-order valence-electron chi connectivity index (χ4n) is 3.95. The summed E-state index contributed by atoms with van der Waals surface area (Å²) in [6.07, 6.45) is 0.00772. The number of hydrogen-bond donors (Lipinski definition) is 2. The minimum Gasteiger partial charge on any atom is -0.456 e. The van der Waals surface area contributed by atoms with Crippen LogP contribution in [0.2, 0.25) is 0 Å². The first kappa shape index (κ1) is 19.1. The van der Waals surface area contributed by atoms with E-state index in [2.05, 4.69) is 9.80 Å². The summed E-state index contributed by atoms with van der Waals surface area (Å²) in [5, 5.41) is 20.7. The Morgan fingerprint density at radius 1 is 0.964 bits per heavy atom. The van der Waals surface area contributed by atoms with Gasteiger partial charge in [-0.2, -0.15) is 0 Å². The van der Waals surface area contributed by atoms with Crippen LogP contribution >= 0.6 is 0 Å². The van der Waals surface area contributed by atoms with Crippen molar-refractivity contribution in [3.05, 3.63) is 58.3 Å². The van der Waals surface area contributed by atoms with Crippen LogP contribution < -0.4 is 5.43 Å². The van der Waals surface area contributed by atoms with E-state index in [4.69, 9.17) is 9.52 Å². The third-order valence-corrected chi connectivity index (χ3v) is 5.46. The first-order valence-electron chi connectivity index (χ1n) is 9.82. The van der Waals surface area contributed by atoms with Gasteiger partial charge in [-0.3, -0.25) is 14.6 Å². The molecule has 1 unspecified atom stereocenters. The van der Waals surface area contributed by atoms with Crippen molar-refractivity contribution in [2.45, 2.75) is 12.5 Å². The Balaban J connectivity index is 1.45. The van der Waals surface area contributed by atoms with Crippen LogP contribution in [0.3, 0.4) is 0 Å². The quantitative estimate of drug-likeness (QED) is 0.629. The zero-order valence-electron chi connectivity index (χ0n) is 15.9. The number of fused-ring (bicyclic) bond motifs is 2. The van der Waals surface area contributed by atoms with Gasteiger partial charge < -0.3 is 14.6 Å². The number of aliphatic hydroxyl groups is 2. The van der Waals surface area contributed by atoms with Crippen LogP contribution in [0.5, 0.6) is 0 Å². The number of aliphatic hydroxyl groups excluding tert-OH is 2. The van der Waals surface area contributed by atoms with Crippen LogP contribution in [-0.4, -0.2) is 72.0 Å². The van der Waals surface area contributed by atoms with Crippen molar-refractivity contribution >= 4 is 21.9 Å². The van der Waals surface area contributed by atoms with E-state index in [-0.39, 0.29) is 12.0 Å². The number of nitrogens with zero attached hydrogens (tertiary/aromatic N) is 2. The fourth-order valence-corrected chi connectivity index (χ4v) is 3.95. The molecule has 28 heavy (non-hydrogen) atoms. The molecule has 0 amide bonds. The van der Waals surface area contributed by atoms with Crippen LogP contribution in [0.25, 0.3) is 21.9 Å². The molecule has 1 aliphatic rings. The predicted molar refractivity (Wildman–Crippen MR) is 110 cm³/mol. The zero-order chi connectivity index (χ0) is 19.5. The second-order valence-corrected chi connectivity index (χ2v) is 7.48. The van der Waals surface area contributed by atoms with Crippen LogP contribution in [0.4, 0.5) is 0 Å². The van der Waals surface area contributed by atoms with Gasteiger partial charge in [0.05, 0.1) is 23.5 Å².